The van der Waals surface area contributed by atoms with Gasteiger partial charge in [0.1, 0.15) is 18.1 Å². The zero-order chi connectivity index (χ0) is 30.6. The topological polar surface area (TPSA) is 79.1 Å². The number of carbonyl (C=O) groups excluding carboxylic acids is 1. The lowest BCUT2D eigenvalue weighted by Gasteiger charge is -2.24. The maximum Gasteiger partial charge on any atom is 0.338 e. The highest BCUT2D eigenvalue weighted by Crippen LogP contribution is 2.32. The van der Waals surface area contributed by atoms with E-state index in [4.69, 9.17) is 14.2 Å². The van der Waals surface area contributed by atoms with Gasteiger partial charge >= 0.3 is 5.97 Å². The van der Waals surface area contributed by atoms with Gasteiger partial charge in [-0.2, -0.15) is 0 Å². The minimum atomic E-state index is -0.694. The van der Waals surface area contributed by atoms with Crippen LogP contribution in [0.2, 0.25) is 0 Å². The van der Waals surface area contributed by atoms with Gasteiger partial charge in [-0.3, -0.25) is 9.36 Å². The Morgan fingerprint density at radius 2 is 1.66 bits per heavy atom. The van der Waals surface area contributed by atoms with Crippen LogP contribution in [0.4, 0.5) is 0 Å². The van der Waals surface area contributed by atoms with E-state index in [1.807, 2.05) is 79.7 Å². The summed E-state index contributed by atoms with van der Waals surface area (Å²) in [6.45, 7) is 6.59. The first-order valence-electron chi connectivity index (χ1n) is 14.6. The molecule has 0 radical (unpaired) electrons. The fraction of sp³-hybridized carbons (Fsp3) is 0.194. The second kappa shape index (κ2) is 12.7. The highest BCUT2D eigenvalue weighted by Gasteiger charge is 2.33. The molecule has 0 amide bonds. The van der Waals surface area contributed by atoms with Gasteiger partial charge in [-0.05, 0) is 66.9 Å². The van der Waals surface area contributed by atoms with E-state index < -0.39 is 12.0 Å². The SMILES string of the molecule is CCOC(=O)C1=C(C)N=c2s/c(=C\c3ccccc3OCc3cccc4ccccc34)c(=O)n2[C@H]1c1ccc(OCC)cc1. The molecule has 0 aliphatic carbocycles. The van der Waals surface area contributed by atoms with Gasteiger partial charge in [-0.15, -0.1) is 0 Å². The Morgan fingerprint density at radius 3 is 2.45 bits per heavy atom. The van der Waals surface area contributed by atoms with Crippen molar-refractivity contribution in [2.75, 3.05) is 13.2 Å². The molecule has 0 saturated heterocycles. The molecular formula is C36H32N2O5S. The molecule has 1 atom stereocenters. The van der Waals surface area contributed by atoms with Crippen molar-refractivity contribution in [3.8, 4) is 11.5 Å². The van der Waals surface area contributed by atoms with E-state index in [-0.39, 0.29) is 12.2 Å². The molecule has 8 heteroatoms. The second-order valence-electron chi connectivity index (χ2n) is 10.3. The lowest BCUT2D eigenvalue weighted by molar-refractivity contribution is -0.139. The van der Waals surface area contributed by atoms with E-state index >= 15 is 0 Å². The number of aromatic nitrogens is 1. The summed E-state index contributed by atoms with van der Waals surface area (Å²) in [5, 5.41) is 2.30. The third kappa shape index (κ3) is 5.68. The van der Waals surface area contributed by atoms with Crippen molar-refractivity contribution in [3.05, 3.63) is 139 Å². The average molecular weight is 605 g/mol. The number of fused-ring (bicyclic) bond motifs is 2. The lowest BCUT2D eigenvalue weighted by atomic mass is 9.96. The first-order valence-corrected chi connectivity index (χ1v) is 15.4. The molecule has 0 fully saturated rings. The molecule has 1 aliphatic heterocycles. The number of esters is 1. The first kappa shape index (κ1) is 29.1. The van der Waals surface area contributed by atoms with E-state index in [0.717, 1.165) is 27.5 Å². The maximum absolute atomic E-state index is 14.1. The summed E-state index contributed by atoms with van der Waals surface area (Å²) < 4.78 is 19.4. The monoisotopic (exact) mass is 604 g/mol. The maximum atomic E-state index is 14.1. The van der Waals surface area contributed by atoms with Gasteiger partial charge in [0.2, 0.25) is 0 Å². The standard InChI is InChI=1S/C36H32N2O5S/c1-4-41-28-19-17-25(18-20-28)33-32(35(40)42-5-2)23(3)37-36-38(33)34(39)31(44-36)21-26-12-7-9-16-30(26)43-22-27-14-10-13-24-11-6-8-15-29(24)27/h6-21,33H,4-5,22H2,1-3H3/b31-21-/t33-/m0/s1. The van der Waals surface area contributed by atoms with Crippen molar-refractivity contribution in [1.29, 1.82) is 0 Å². The molecule has 7 nitrogen and oxygen atoms in total. The Labute approximate surface area is 259 Å². The van der Waals surface area contributed by atoms with Gasteiger partial charge in [0.25, 0.3) is 5.56 Å². The third-order valence-corrected chi connectivity index (χ3v) is 8.48. The highest BCUT2D eigenvalue weighted by molar-refractivity contribution is 7.07. The summed E-state index contributed by atoms with van der Waals surface area (Å²) in [5.41, 5.74) is 3.23. The predicted octanol–water partition coefficient (Wildman–Crippen LogP) is 5.93. The van der Waals surface area contributed by atoms with Crippen LogP contribution in [0.5, 0.6) is 11.5 Å². The number of ether oxygens (including phenoxy) is 3. The molecular weight excluding hydrogens is 572 g/mol. The zero-order valence-corrected chi connectivity index (χ0v) is 25.6. The Hall–Kier alpha value is -4.95. The summed E-state index contributed by atoms with van der Waals surface area (Å²) in [7, 11) is 0. The van der Waals surface area contributed by atoms with Gasteiger partial charge in [0.05, 0.1) is 35.1 Å². The number of hydrogen-bond donors (Lipinski definition) is 0. The van der Waals surface area contributed by atoms with Gasteiger partial charge < -0.3 is 14.2 Å². The quantitative estimate of drug-likeness (QED) is 0.195. The number of allylic oxidation sites excluding steroid dienone is 1. The van der Waals surface area contributed by atoms with Crippen LogP contribution in [0.15, 0.2) is 112 Å². The number of hydrogen-bond acceptors (Lipinski definition) is 7. The lowest BCUT2D eigenvalue weighted by Crippen LogP contribution is -2.39. The average Bonchev–Trinajstić information content (AvgIpc) is 3.34. The molecule has 4 aromatic carbocycles. The van der Waals surface area contributed by atoms with Crippen LogP contribution < -0.4 is 24.4 Å². The first-order chi connectivity index (χ1) is 21.5. The number of nitrogens with zero attached hydrogens (tertiary/aromatic N) is 2. The molecule has 0 N–H and O–H groups in total. The highest BCUT2D eigenvalue weighted by atomic mass is 32.1. The zero-order valence-electron chi connectivity index (χ0n) is 24.8. The molecule has 5 aromatic rings. The molecule has 1 aromatic heterocycles. The molecule has 0 unspecified atom stereocenters. The predicted molar refractivity (Wildman–Crippen MR) is 173 cm³/mol. The van der Waals surface area contributed by atoms with Crippen LogP contribution >= 0.6 is 11.3 Å². The molecule has 0 bridgehead atoms. The molecule has 44 heavy (non-hydrogen) atoms. The molecule has 222 valence electrons. The van der Waals surface area contributed by atoms with E-state index in [0.29, 0.717) is 45.3 Å². The number of carbonyl (C=O) groups is 1. The Bertz CT molecular complexity index is 2050. The van der Waals surface area contributed by atoms with E-state index in [2.05, 4.69) is 29.3 Å². The molecule has 2 heterocycles. The second-order valence-corrected chi connectivity index (χ2v) is 11.3. The van der Waals surface area contributed by atoms with Crippen molar-refractivity contribution in [2.45, 2.75) is 33.4 Å². The van der Waals surface area contributed by atoms with Crippen molar-refractivity contribution in [2.24, 2.45) is 4.99 Å². The van der Waals surface area contributed by atoms with Gasteiger partial charge in [0, 0.05) is 5.56 Å². The normalized spacial score (nSPS) is 14.7. The summed E-state index contributed by atoms with van der Waals surface area (Å²) >= 11 is 1.28. The fourth-order valence-electron chi connectivity index (χ4n) is 5.47. The minimum Gasteiger partial charge on any atom is -0.494 e. The number of rotatable bonds is 9. The van der Waals surface area contributed by atoms with Crippen LogP contribution in [-0.4, -0.2) is 23.8 Å². The van der Waals surface area contributed by atoms with Crippen LogP contribution in [0, 0.1) is 0 Å². The van der Waals surface area contributed by atoms with Crippen molar-refractivity contribution in [3.63, 3.8) is 0 Å². The molecule has 6 rings (SSSR count). The van der Waals surface area contributed by atoms with Crippen molar-refractivity contribution in [1.82, 2.24) is 4.57 Å². The summed E-state index contributed by atoms with van der Waals surface area (Å²) in [4.78, 5) is 32.5. The van der Waals surface area contributed by atoms with E-state index in [1.54, 1.807) is 18.4 Å². The molecule has 1 aliphatic rings. The van der Waals surface area contributed by atoms with Crippen LogP contribution in [-0.2, 0) is 16.1 Å². The minimum absolute atomic E-state index is 0.214. The summed E-state index contributed by atoms with van der Waals surface area (Å²) in [6, 6.07) is 28.8. The number of benzene rings is 4. The summed E-state index contributed by atoms with van der Waals surface area (Å²) in [6.07, 6.45) is 1.83. The summed E-state index contributed by atoms with van der Waals surface area (Å²) in [5.74, 6) is 0.883. The van der Waals surface area contributed by atoms with E-state index in [1.165, 1.54) is 11.3 Å². The number of para-hydroxylation sites is 1. The largest absolute Gasteiger partial charge is 0.494 e. The Morgan fingerprint density at radius 1 is 0.909 bits per heavy atom. The van der Waals surface area contributed by atoms with E-state index in [9.17, 15) is 9.59 Å². The van der Waals surface area contributed by atoms with Crippen molar-refractivity contribution < 1.29 is 19.0 Å². The van der Waals surface area contributed by atoms with Gasteiger partial charge in [-0.25, -0.2) is 9.79 Å². The van der Waals surface area contributed by atoms with Gasteiger partial charge in [0.15, 0.2) is 4.80 Å². The van der Waals surface area contributed by atoms with Crippen molar-refractivity contribution >= 4 is 34.2 Å². The molecule has 0 saturated carbocycles. The number of thiazole rings is 1. The fourth-order valence-corrected chi connectivity index (χ4v) is 6.50. The molecule has 0 spiro atoms. The van der Waals surface area contributed by atoms with Crippen LogP contribution in [0.1, 0.15) is 43.5 Å². The van der Waals surface area contributed by atoms with Crippen LogP contribution in [0.3, 0.4) is 0 Å². The Balaban J connectivity index is 1.41. The smallest absolute Gasteiger partial charge is 0.338 e. The third-order valence-electron chi connectivity index (χ3n) is 7.49. The Kier molecular flexibility index (Phi) is 8.43. The van der Waals surface area contributed by atoms with Gasteiger partial charge in [-0.1, -0.05) is 84.1 Å². The van der Waals surface area contributed by atoms with Crippen LogP contribution in [0.25, 0.3) is 16.8 Å².